The van der Waals surface area contributed by atoms with E-state index in [1.54, 1.807) is 18.7 Å². The first-order valence-electron chi connectivity index (χ1n) is 11.0. The number of fused-ring (bicyclic) bond motifs is 1. The van der Waals surface area contributed by atoms with Crippen LogP contribution in [0.2, 0.25) is 0 Å². The molecule has 0 radical (unpaired) electrons. The smallest absolute Gasteiger partial charge is 0.397 e. The molecule has 2 aromatic rings. The summed E-state index contributed by atoms with van der Waals surface area (Å²) in [7, 11) is 0. The van der Waals surface area contributed by atoms with Gasteiger partial charge in [-0.3, -0.25) is 14.3 Å². The van der Waals surface area contributed by atoms with Gasteiger partial charge in [0.2, 0.25) is 0 Å². The molecular formula is C23H30ClN3O6. The van der Waals surface area contributed by atoms with Crippen LogP contribution in [0.4, 0.5) is 0 Å². The molecule has 1 fully saturated rings. The largest absolute Gasteiger partial charge is 0.459 e. The number of likely N-dealkylation sites (tertiary alicyclic amines) is 1. The summed E-state index contributed by atoms with van der Waals surface area (Å²) in [5, 5.41) is 4.48. The first kappa shape index (κ1) is 26.3. The van der Waals surface area contributed by atoms with Crippen molar-refractivity contribution >= 4 is 45.6 Å². The van der Waals surface area contributed by atoms with Gasteiger partial charge in [0, 0.05) is 24.7 Å². The predicted molar refractivity (Wildman–Crippen MR) is 122 cm³/mol. The van der Waals surface area contributed by atoms with E-state index in [4.69, 9.17) is 16.3 Å². The molecule has 1 aromatic heterocycles. The highest BCUT2D eigenvalue weighted by Crippen LogP contribution is 2.34. The van der Waals surface area contributed by atoms with Crippen LogP contribution in [-0.2, 0) is 35.2 Å². The Morgan fingerprint density at radius 2 is 1.73 bits per heavy atom. The van der Waals surface area contributed by atoms with Crippen LogP contribution in [-0.4, -0.2) is 57.5 Å². The van der Waals surface area contributed by atoms with Crippen LogP contribution in [0.5, 0.6) is 0 Å². The molecule has 180 valence electrons. The van der Waals surface area contributed by atoms with Gasteiger partial charge in [-0.15, -0.1) is 0 Å². The number of benzene rings is 1. The fourth-order valence-electron chi connectivity index (χ4n) is 3.69. The monoisotopic (exact) mass is 479 g/mol. The number of aryl methyl sites for hydroxylation is 1. The summed E-state index contributed by atoms with van der Waals surface area (Å²) >= 11 is 4.69. The number of ether oxygens (including phenoxy) is 2. The summed E-state index contributed by atoms with van der Waals surface area (Å²) in [5.41, 5.74) is 1.99. The number of carbonyl (C=O) groups excluding carboxylic acids is 4. The Kier molecular flexibility index (Phi) is 9.84. The molecule has 3 rings (SSSR count). The van der Waals surface area contributed by atoms with E-state index in [0.29, 0.717) is 12.5 Å². The van der Waals surface area contributed by atoms with Crippen molar-refractivity contribution in [1.29, 1.82) is 0 Å². The van der Waals surface area contributed by atoms with E-state index < -0.39 is 23.1 Å². The second-order valence-electron chi connectivity index (χ2n) is 7.67. The van der Waals surface area contributed by atoms with Crippen molar-refractivity contribution in [2.24, 2.45) is 5.92 Å². The van der Waals surface area contributed by atoms with Gasteiger partial charge in [0.25, 0.3) is 0 Å². The zero-order chi connectivity index (χ0) is 24.5. The maximum Gasteiger partial charge on any atom is 0.397 e. The fraction of sp³-hybridized carbons (Fsp3) is 0.522. The van der Waals surface area contributed by atoms with Crippen LogP contribution in [0.1, 0.15) is 52.1 Å². The Bertz CT molecular complexity index is 1010. The summed E-state index contributed by atoms with van der Waals surface area (Å²) < 4.78 is 11.0. The first-order valence-corrected chi connectivity index (χ1v) is 11.4. The molecule has 1 aromatic carbocycles. The molecule has 0 spiro atoms. The molecule has 2 heterocycles. The van der Waals surface area contributed by atoms with Crippen LogP contribution in [0.3, 0.4) is 0 Å². The molecule has 1 aliphatic rings. The van der Waals surface area contributed by atoms with Crippen molar-refractivity contribution in [2.75, 3.05) is 19.8 Å². The van der Waals surface area contributed by atoms with Gasteiger partial charge in [0.05, 0.1) is 24.8 Å². The normalized spacial score (nSPS) is 17.7. The van der Waals surface area contributed by atoms with Crippen LogP contribution >= 0.6 is 11.6 Å². The Balaban J connectivity index is 0.000000414. The lowest BCUT2D eigenvalue weighted by Gasteiger charge is -2.38. The van der Waals surface area contributed by atoms with Gasteiger partial charge in [0.1, 0.15) is 0 Å². The molecule has 1 amide bonds. The molecule has 2 atom stereocenters. The second-order valence-corrected chi connectivity index (χ2v) is 8.02. The third-order valence-electron chi connectivity index (χ3n) is 5.25. The standard InChI is InChI=1S/C19H25N3O3.C4H5ClO3/c1-4-21-12-15-10-14(7-8-16(15)20-21)17-9-6-13(3)11-22(17)18(23)19(24)25-5-2;1-2-8-4(7)3(5)6/h7-8,10,12-13,17H,4-6,9,11H2,1-3H3;2H2,1H3. The van der Waals surface area contributed by atoms with Gasteiger partial charge in [0.15, 0.2) is 0 Å². The molecule has 1 saturated heterocycles. The van der Waals surface area contributed by atoms with Crippen LogP contribution in [0, 0.1) is 5.92 Å². The minimum absolute atomic E-state index is 0.0949. The Labute approximate surface area is 197 Å². The second kappa shape index (κ2) is 12.3. The lowest BCUT2D eigenvalue weighted by atomic mass is 9.89. The van der Waals surface area contributed by atoms with Crippen molar-refractivity contribution in [3.63, 3.8) is 0 Å². The van der Waals surface area contributed by atoms with Crippen molar-refractivity contribution < 1.29 is 28.7 Å². The topological polar surface area (TPSA) is 108 Å². The Hall–Kier alpha value is -2.94. The zero-order valence-corrected chi connectivity index (χ0v) is 20.1. The number of amides is 1. The number of esters is 2. The lowest BCUT2D eigenvalue weighted by molar-refractivity contribution is -0.162. The number of nitrogens with zero attached hydrogens (tertiary/aromatic N) is 3. The van der Waals surface area contributed by atoms with E-state index in [1.165, 1.54) is 0 Å². The summed E-state index contributed by atoms with van der Waals surface area (Å²) in [6, 6.07) is 5.99. The highest BCUT2D eigenvalue weighted by Gasteiger charge is 2.35. The van der Waals surface area contributed by atoms with Gasteiger partial charge < -0.3 is 14.4 Å². The maximum atomic E-state index is 12.6. The SMILES string of the molecule is CCOC(=O)C(=O)Cl.CCOC(=O)C(=O)N1CC(C)CCC1c1ccc2nn(CC)cc2c1. The Morgan fingerprint density at radius 3 is 2.30 bits per heavy atom. The van der Waals surface area contributed by atoms with Gasteiger partial charge in [-0.2, -0.15) is 5.10 Å². The molecule has 0 saturated carbocycles. The number of rotatable bonds is 5. The average Bonchev–Trinajstić information content (AvgIpc) is 3.21. The molecule has 33 heavy (non-hydrogen) atoms. The third kappa shape index (κ3) is 7.02. The predicted octanol–water partition coefficient (Wildman–Crippen LogP) is 3.23. The molecule has 9 nitrogen and oxygen atoms in total. The van der Waals surface area contributed by atoms with Crippen LogP contribution in [0.15, 0.2) is 24.4 Å². The van der Waals surface area contributed by atoms with Crippen LogP contribution in [0.25, 0.3) is 10.9 Å². The Morgan fingerprint density at radius 1 is 1.06 bits per heavy atom. The van der Waals surface area contributed by atoms with E-state index in [9.17, 15) is 19.2 Å². The number of aromatic nitrogens is 2. The van der Waals surface area contributed by atoms with Crippen molar-refractivity contribution in [3.8, 4) is 0 Å². The quantitative estimate of drug-likeness (QED) is 0.368. The third-order valence-corrected chi connectivity index (χ3v) is 5.40. The van der Waals surface area contributed by atoms with Gasteiger partial charge in [-0.1, -0.05) is 13.0 Å². The lowest BCUT2D eigenvalue weighted by Crippen LogP contribution is -2.45. The highest BCUT2D eigenvalue weighted by atomic mass is 35.5. The minimum atomic E-state index is -1.08. The average molecular weight is 480 g/mol. The van der Waals surface area contributed by atoms with Crippen LogP contribution < -0.4 is 0 Å². The number of piperidine rings is 1. The van der Waals surface area contributed by atoms with Crippen molar-refractivity contribution in [3.05, 3.63) is 30.0 Å². The highest BCUT2D eigenvalue weighted by molar-refractivity contribution is 6.80. The number of halogens is 1. The zero-order valence-electron chi connectivity index (χ0n) is 19.4. The van der Waals surface area contributed by atoms with E-state index in [-0.39, 0.29) is 19.3 Å². The summed E-state index contributed by atoms with van der Waals surface area (Å²) in [4.78, 5) is 46.1. The molecule has 0 bridgehead atoms. The van der Waals surface area contributed by atoms with Gasteiger partial charge in [-0.05, 0) is 68.8 Å². The van der Waals surface area contributed by atoms with E-state index in [0.717, 1.165) is 35.9 Å². The van der Waals surface area contributed by atoms with Gasteiger partial charge in [-0.25, -0.2) is 9.59 Å². The molecule has 0 N–H and O–H groups in total. The van der Waals surface area contributed by atoms with Crippen molar-refractivity contribution in [1.82, 2.24) is 14.7 Å². The van der Waals surface area contributed by atoms with Crippen molar-refractivity contribution in [2.45, 2.75) is 53.1 Å². The van der Waals surface area contributed by atoms with Gasteiger partial charge >= 0.3 is 23.1 Å². The number of carbonyl (C=O) groups is 4. The first-order chi connectivity index (χ1) is 15.7. The summed E-state index contributed by atoms with van der Waals surface area (Å²) in [6.45, 7) is 9.24. The molecule has 10 heteroatoms. The number of hydrogen-bond acceptors (Lipinski definition) is 7. The molecular weight excluding hydrogens is 450 g/mol. The molecule has 2 unspecified atom stereocenters. The summed E-state index contributed by atoms with van der Waals surface area (Å²) in [6.07, 6.45) is 3.89. The minimum Gasteiger partial charge on any atom is -0.459 e. The molecule has 1 aliphatic heterocycles. The van der Waals surface area contributed by atoms with E-state index in [1.807, 2.05) is 23.0 Å². The van der Waals surface area contributed by atoms with E-state index in [2.05, 4.69) is 29.7 Å². The maximum absolute atomic E-state index is 12.6. The fourth-order valence-corrected chi connectivity index (χ4v) is 3.74. The summed E-state index contributed by atoms with van der Waals surface area (Å²) in [5.74, 6) is -1.92. The molecule has 0 aliphatic carbocycles. The number of hydrogen-bond donors (Lipinski definition) is 0. The van der Waals surface area contributed by atoms with E-state index >= 15 is 0 Å².